The molecule has 0 aliphatic rings. The Kier molecular flexibility index (Phi) is 3.37. The van der Waals surface area contributed by atoms with E-state index in [0.717, 1.165) is 11.3 Å². The van der Waals surface area contributed by atoms with Crippen LogP contribution in [0.1, 0.15) is 10.6 Å². The fraction of sp³-hybridized carbons (Fsp3) is 0.100. The molecule has 98 valence electrons. The third kappa shape index (κ3) is 2.81. The average Bonchev–Trinajstić information content (AvgIpc) is 2.73. The summed E-state index contributed by atoms with van der Waals surface area (Å²) in [7, 11) is -3.88. The fourth-order valence-corrected chi connectivity index (χ4v) is 3.34. The van der Waals surface area contributed by atoms with Crippen LogP contribution in [0.3, 0.4) is 0 Å². The highest BCUT2D eigenvalue weighted by atomic mass is 32.2. The number of aromatic nitrogens is 2. The minimum Gasteiger partial charge on any atom is -0.399 e. The van der Waals surface area contributed by atoms with E-state index in [0.29, 0.717) is 10.7 Å². The Balaban J connectivity index is 2.43. The Labute approximate surface area is 113 Å². The molecule has 0 unspecified atom stereocenters. The number of nitrogens with two attached hydrogens (primary N) is 1. The second-order valence-corrected chi connectivity index (χ2v) is 6.43. The Hall–Kier alpha value is -2.18. The fourth-order valence-electron chi connectivity index (χ4n) is 1.38. The highest BCUT2D eigenvalue weighted by Crippen LogP contribution is 2.22. The number of sulfonamides is 1. The van der Waals surface area contributed by atoms with Crippen LogP contribution in [0, 0.1) is 18.3 Å². The molecular weight excluding hydrogens is 286 g/mol. The summed E-state index contributed by atoms with van der Waals surface area (Å²) in [6.07, 6.45) is 0. The van der Waals surface area contributed by atoms with Crippen LogP contribution in [-0.2, 0) is 10.0 Å². The van der Waals surface area contributed by atoms with Crippen LogP contribution < -0.4 is 10.5 Å². The van der Waals surface area contributed by atoms with E-state index >= 15 is 0 Å². The third-order valence-corrected chi connectivity index (χ3v) is 4.44. The number of nitrogen functional groups attached to an aromatic ring is 1. The van der Waals surface area contributed by atoms with Crippen LogP contribution in [0.25, 0.3) is 0 Å². The van der Waals surface area contributed by atoms with Crippen molar-refractivity contribution in [2.75, 3.05) is 10.5 Å². The Morgan fingerprint density at radius 1 is 1.42 bits per heavy atom. The molecule has 0 fully saturated rings. The minimum atomic E-state index is -3.88. The molecule has 19 heavy (non-hydrogen) atoms. The highest BCUT2D eigenvalue weighted by Gasteiger charge is 2.20. The predicted molar refractivity (Wildman–Crippen MR) is 71.0 cm³/mol. The van der Waals surface area contributed by atoms with E-state index in [9.17, 15) is 8.42 Å². The summed E-state index contributed by atoms with van der Waals surface area (Å²) in [5, 5.41) is 17.1. The maximum Gasteiger partial charge on any atom is 0.265 e. The van der Waals surface area contributed by atoms with Gasteiger partial charge < -0.3 is 5.73 Å². The SMILES string of the molecule is Cc1nnc(NS(=O)(=O)c2ccc(N)cc2C#N)s1. The van der Waals surface area contributed by atoms with Crippen LogP contribution in [0.15, 0.2) is 23.1 Å². The van der Waals surface area contributed by atoms with E-state index < -0.39 is 10.0 Å². The summed E-state index contributed by atoms with van der Waals surface area (Å²) in [4.78, 5) is -0.142. The monoisotopic (exact) mass is 295 g/mol. The number of benzene rings is 1. The Morgan fingerprint density at radius 3 is 2.74 bits per heavy atom. The zero-order chi connectivity index (χ0) is 14.0. The average molecular weight is 295 g/mol. The lowest BCUT2D eigenvalue weighted by Gasteiger charge is -2.06. The lowest BCUT2D eigenvalue weighted by molar-refractivity contribution is 0.601. The molecule has 0 spiro atoms. The van der Waals surface area contributed by atoms with Crippen molar-refractivity contribution >= 4 is 32.2 Å². The van der Waals surface area contributed by atoms with E-state index in [1.165, 1.54) is 18.2 Å². The van der Waals surface area contributed by atoms with Crippen molar-refractivity contribution < 1.29 is 8.42 Å². The van der Waals surface area contributed by atoms with Gasteiger partial charge in [-0.15, -0.1) is 10.2 Å². The first kappa shape index (κ1) is 13.3. The molecule has 9 heteroatoms. The number of anilines is 2. The molecule has 0 radical (unpaired) electrons. The van der Waals surface area contributed by atoms with Gasteiger partial charge in [0.15, 0.2) is 0 Å². The van der Waals surface area contributed by atoms with Gasteiger partial charge >= 0.3 is 0 Å². The van der Waals surface area contributed by atoms with Crippen LogP contribution in [0.4, 0.5) is 10.8 Å². The zero-order valence-corrected chi connectivity index (χ0v) is 11.4. The van der Waals surface area contributed by atoms with Crippen LogP contribution >= 0.6 is 11.3 Å². The first-order valence-corrected chi connectivity index (χ1v) is 7.35. The van der Waals surface area contributed by atoms with E-state index in [-0.39, 0.29) is 15.6 Å². The topological polar surface area (TPSA) is 122 Å². The van der Waals surface area contributed by atoms with Crippen molar-refractivity contribution in [3.05, 3.63) is 28.8 Å². The second kappa shape index (κ2) is 4.83. The van der Waals surface area contributed by atoms with Crippen LogP contribution in [0.5, 0.6) is 0 Å². The summed E-state index contributed by atoms with van der Waals surface area (Å²) in [6.45, 7) is 1.71. The molecule has 2 aromatic rings. The molecule has 0 atom stereocenters. The van der Waals surface area contributed by atoms with Crippen LogP contribution in [0.2, 0.25) is 0 Å². The predicted octanol–water partition coefficient (Wildman–Crippen LogP) is 1.10. The molecular formula is C10H9N5O2S2. The van der Waals surface area contributed by atoms with E-state index in [2.05, 4.69) is 14.9 Å². The Morgan fingerprint density at radius 2 is 2.16 bits per heavy atom. The van der Waals surface area contributed by atoms with Crippen molar-refractivity contribution in [2.24, 2.45) is 0 Å². The number of nitrogens with zero attached hydrogens (tertiary/aromatic N) is 3. The van der Waals surface area contributed by atoms with Crippen molar-refractivity contribution in [3.8, 4) is 6.07 Å². The quantitative estimate of drug-likeness (QED) is 0.818. The van der Waals surface area contributed by atoms with Gasteiger partial charge in [-0.25, -0.2) is 8.42 Å². The molecule has 1 aromatic carbocycles. The molecule has 0 amide bonds. The Bertz CT molecular complexity index is 760. The number of aryl methyl sites for hydroxylation is 1. The third-order valence-electron chi connectivity index (χ3n) is 2.16. The van der Waals surface area contributed by atoms with E-state index in [1.807, 2.05) is 0 Å². The molecule has 0 aliphatic heterocycles. The molecule has 0 saturated carbocycles. The number of hydrogen-bond donors (Lipinski definition) is 2. The summed E-state index contributed by atoms with van der Waals surface area (Å²) < 4.78 is 26.6. The summed E-state index contributed by atoms with van der Waals surface area (Å²) in [5.41, 5.74) is 5.82. The zero-order valence-electron chi connectivity index (χ0n) is 9.78. The summed E-state index contributed by atoms with van der Waals surface area (Å²) in [5.74, 6) is 0. The van der Waals surface area contributed by atoms with Crippen molar-refractivity contribution in [1.82, 2.24) is 10.2 Å². The highest BCUT2D eigenvalue weighted by molar-refractivity contribution is 7.93. The van der Waals surface area contributed by atoms with Crippen LogP contribution in [-0.4, -0.2) is 18.6 Å². The first-order chi connectivity index (χ1) is 8.92. The molecule has 0 saturated heterocycles. The van der Waals surface area contributed by atoms with E-state index in [4.69, 9.17) is 11.0 Å². The molecule has 7 nitrogen and oxygen atoms in total. The molecule has 0 bridgehead atoms. The normalized spacial score (nSPS) is 10.9. The van der Waals surface area contributed by atoms with Gasteiger partial charge in [0.1, 0.15) is 16.0 Å². The smallest absolute Gasteiger partial charge is 0.265 e. The summed E-state index contributed by atoms with van der Waals surface area (Å²) in [6, 6.07) is 5.81. The standard InChI is InChI=1S/C10H9N5O2S2/c1-6-13-14-10(18-6)15-19(16,17)9-3-2-8(12)4-7(9)5-11/h2-4H,12H2,1H3,(H,14,15). The molecule has 0 aliphatic carbocycles. The van der Waals surface area contributed by atoms with E-state index in [1.54, 1.807) is 13.0 Å². The van der Waals surface area contributed by atoms with Gasteiger partial charge in [-0.1, -0.05) is 11.3 Å². The molecule has 2 rings (SSSR count). The van der Waals surface area contributed by atoms with Gasteiger partial charge in [0.05, 0.1) is 5.56 Å². The minimum absolute atomic E-state index is 0.0197. The van der Waals surface area contributed by atoms with Gasteiger partial charge in [-0.3, -0.25) is 4.72 Å². The molecule has 1 aromatic heterocycles. The lowest BCUT2D eigenvalue weighted by atomic mass is 10.2. The van der Waals surface area contributed by atoms with Crippen molar-refractivity contribution in [3.63, 3.8) is 0 Å². The van der Waals surface area contributed by atoms with Crippen molar-refractivity contribution in [1.29, 1.82) is 5.26 Å². The summed E-state index contributed by atoms with van der Waals surface area (Å²) >= 11 is 1.11. The lowest BCUT2D eigenvalue weighted by Crippen LogP contribution is -2.14. The first-order valence-electron chi connectivity index (χ1n) is 5.05. The molecule has 1 heterocycles. The number of hydrogen-bond acceptors (Lipinski definition) is 7. The van der Waals surface area contributed by atoms with Gasteiger partial charge in [0, 0.05) is 5.69 Å². The second-order valence-electron chi connectivity index (χ2n) is 3.60. The van der Waals surface area contributed by atoms with Gasteiger partial charge in [-0.2, -0.15) is 5.26 Å². The largest absolute Gasteiger partial charge is 0.399 e. The van der Waals surface area contributed by atoms with Crippen molar-refractivity contribution in [2.45, 2.75) is 11.8 Å². The number of nitriles is 1. The van der Waals surface area contributed by atoms with Gasteiger partial charge in [0.2, 0.25) is 5.13 Å². The maximum atomic E-state index is 12.1. The maximum absolute atomic E-state index is 12.1. The van der Waals surface area contributed by atoms with Gasteiger partial charge in [-0.05, 0) is 25.1 Å². The number of nitrogens with one attached hydrogen (secondary N) is 1. The van der Waals surface area contributed by atoms with Gasteiger partial charge in [0.25, 0.3) is 10.0 Å². The number of rotatable bonds is 3. The molecule has 3 N–H and O–H groups in total.